The molecule has 0 amide bonds. The largest absolute Gasteiger partial charge is 0.370 e. The van der Waals surface area contributed by atoms with Crippen molar-refractivity contribution in [2.75, 3.05) is 36.4 Å². The number of rotatable bonds is 8. The highest BCUT2D eigenvalue weighted by atomic mass is 32.2. The van der Waals surface area contributed by atoms with Crippen LogP contribution in [0.2, 0.25) is 0 Å². The molecule has 168 valence electrons. The second-order valence-corrected chi connectivity index (χ2v) is 9.74. The lowest BCUT2D eigenvalue weighted by Crippen LogP contribution is -2.31. The van der Waals surface area contributed by atoms with E-state index in [9.17, 15) is 12.8 Å². The predicted molar refractivity (Wildman–Crippen MR) is 127 cm³/mol. The summed E-state index contributed by atoms with van der Waals surface area (Å²) in [4.78, 5) is 2.47. The van der Waals surface area contributed by atoms with Gasteiger partial charge in [-0.25, -0.2) is 12.8 Å². The molecule has 9 heteroatoms. The summed E-state index contributed by atoms with van der Waals surface area (Å²) in [7, 11) is -3.58. The first-order chi connectivity index (χ1) is 14.8. The molecule has 2 N–H and O–H groups in total. The molecule has 2 aromatic carbocycles. The van der Waals surface area contributed by atoms with Gasteiger partial charge < -0.3 is 15.5 Å². The monoisotopic (exact) mass is 464 g/mol. The van der Waals surface area contributed by atoms with Crippen molar-refractivity contribution in [1.29, 1.82) is 0 Å². The summed E-state index contributed by atoms with van der Waals surface area (Å²) >= 11 is 5.45. The van der Waals surface area contributed by atoms with Crippen LogP contribution in [0.15, 0.2) is 47.4 Å². The normalized spacial score (nSPS) is 14.1. The third kappa shape index (κ3) is 5.72. The summed E-state index contributed by atoms with van der Waals surface area (Å²) in [5.41, 5.74) is 2.48. The van der Waals surface area contributed by atoms with Crippen molar-refractivity contribution in [3.8, 4) is 0 Å². The number of nitrogens with zero attached hydrogens (tertiary/aromatic N) is 2. The van der Waals surface area contributed by atoms with Crippen LogP contribution < -0.4 is 15.5 Å². The van der Waals surface area contributed by atoms with Gasteiger partial charge in [-0.1, -0.05) is 26.0 Å². The summed E-state index contributed by atoms with van der Waals surface area (Å²) in [6, 6.07) is 11.4. The molecule has 1 saturated heterocycles. The maximum Gasteiger partial charge on any atom is 0.243 e. The summed E-state index contributed by atoms with van der Waals surface area (Å²) in [5, 5.41) is 6.66. The molecule has 1 aliphatic heterocycles. The SMILES string of the molecule is CCN(CC)S(=O)(=O)c1ccc(N2CCCC2)c(NC(=S)NCc2ccc(F)cc2)c1. The van der Waals surface area contributed by atoms with E-state index in [0.29, 0.717) is 30.4 Å². The van der Waals surface area contributed by atoms with E-state index in [-0.39, 0.29) is 10.7 Å². The molecule has 0 saturated carbocycles. The van der Waals surface area contributed by atoms with Gasteiger partial charge in [0.2, 0.25) is 10.0 Å². The molecule has 0 unspecified atom stereocenters. The van der Waals surface area contributed by atoms with Crippen LogP contribution in [0.5, 0.6) is 0 Å². The van der Waals surface area contributed by atoms with Crippen LogP contribution in [0.25, 0.3) is 0 Å². The molecular weight excluding hydrogens is 435 g/mol. The van der Waals surface area contributed by atoms with Crippen LogP contribution in [-0.4, -0.2) is 44.0 Å². The van der Waals surface area contributed by atoms with Crippen molar-refractivity contribution in [3.05, 3.63) is 53.8 Å². The van der Waals surface area contributed by atoms with Gasteiger partial charge in [0.1, 0.15) is 5.82 Å². The Morgan fingerprint density at radius 3 is 2.35 bits per heavy atom. The zero-order valence-electron chi connectivity index (χ0n) is 17.9. The Hall–Kier alpha value is -2.23. The number of nitrogens with one attached hydrogen (secondary N) is 2. The minimum Gasteiger partial charge on any atom is -0.370 e. The van der Waals surface area contributed by atoms with Crippen molar-refractivity contribution < 1.29 is 12.8 Å². The predicted octanol–water partition coefficient (Wildman–Crippen LogP) is 3.94. The molecule has 0 spiro atoms. The van der Waals surface area contributed by atoms with Crippen LogP contribution >= 0.6 is 12.2 Å². The second-order valence-electron chi connectivity index (χ2n) is 7.40. The molecule has 31 heavy (non-hydrogen) atoms. The van der Waals surface area contributed by atoms with Crippen molar-refractivity contribution in [2.24, 2.45) is 0 Å². The topological polar surface area (TPSA) is 64.7 Å². The van der Waals surface area contributed by atoms with E-state index in [1.54, 1.807) is 24.3 Å². The first-order valence-electron chi connectivity index (χ1n) is 10.5. The van der Waals surface area contributed by atoms with Crippen molar-refractivity contribution in [3.63, 3.8) is 0 Å². The van der Waals surface area contributed by atoms with Crippen LogP contribution in [-0.2, 0) is 16.6 Å². The van der Waals surface area contributed by atoms with E-state index < -0.39 is 10.0 Å². The molecule has 0 aromatic heterocycles. The first-order valence-corrected chi connectivity index (χ1v) is 12.4. The van der Waals surface area contributed by atoms with Gasteiger partial charge in [0.15, 0.2) is 5.11 Å². The Morgan fingerprint density at radius 2 is 1.74 bits per heavy atom. The molecule has 1 aliphatic rings. The van der Waals surface area contributed by atoms with Gasteiger partial charge in [-0.2, -0.15) is 4.31 Å². The quantitative estimate of drug-likeness (QED) is 0.577. The first kappa shape index (κ1) is 23.4. The molecular formula is C22H29FN4O2S2. The zero-order valence-corrected chi connectivity index (χ0v) is 19.5. The van der Waals surface area contributed by atoms with E-state index in [1.807, 2.05) is 19.9 Å². The Labute approximate surface area is 189 Å². The molecule has 3 rings (SSSR count). The molecule has 0 atom stereocenters. The van der Waals surface area contributed by atoms with Gasteiger partial charge >= 0.3 is 0 Å². The van der Waals surface area contributed by atoms with E-state index in [1.165, 1.54) is 16.4 Å². The van der Waals surface area contributed by atoms with Gasteiger partial charge in [0.25, 0.3) is 0 Å². The smallest absolute Gasteiger partial charge is 0.243 e. The molecule has 1 heterocycles. The lowest BCUT2D eigenvalue weighted by atomic mass is 10.2. The molecule has 0 radical (unpaired) electrons. The van der Waals surface area contributed by atoms with Gasteiger partial charge in [-0.3, -0.25) is 0 Å². The molecule has 0 aliphatic carbocycles. The Morgan fingerprint density at radius 1 is 1.10 bits per heavy atom. The fourth-order valence-corrected chi connectivity index (χ4v) is 5.34. The summed E-state index contributed by atoms with van der Waals surface area (Å²) in [6.45, 7) is 6.75. The Kier molecular flexibility index (Phi) is 7.85. The Bertz CT molecular complexity index is 1000. The highest BCUT2D eigenvalue weighted by Crippen LogP contribution is 2.32. The molecule has 6 nitrogen and oxygen atoms in total. The van der Waals surface area contributed by atoms with Gasteiger partial charge in [0.05, 0.1) is 16.3 Å². The van der Waals surface area contributed by atoms with Crippen LogP contribution in [0, 0.1) is 5.82 Å². The minimum atomic E-state index is -3.58. The summed E-state index contributed by atoms with van der Waals surface area (Å²) in [6.07, 6.45) is 2.21. The number of hydrogen-bond acceptors (Lipinski definition) is 4. The molecule has 1 fully saturated rings. The third-order valence-electron chi connectivity index (χ3n) is 5.37. The van der Waals surface area contributed by atoms with Gasteiger partial charge in [-0.05, 0) is 61.0 Å². The van der Waals surface area contributed by atoms with Crippen molar-refractivity contribution in [1.82, 2.24) is 9.62 Å². The molecule has 0 bridgehead atoms. The second kappa shape index (κ2) is 10.4. The number of sulfonamides is 1. The number of halogens is 1. The highest BCUT2D eigenvalue weighted by Gasteiger charge is 2.24. The maximum atomic E-state index is 13.1. The van der Waals surface area contributed by atoms with E-state index in [2.05, 4.69) is 15.5 Å². The fraction of sp³-hybridized carbons (Fsp3) is 0.409. The number of benzene rings is 2. The lowest BCUT2D eigenvalue weighted by molar-refractivity contribution is 0.445. The van der Waals surface area contributed by atoms with E-state index in [0.717, 1.165) is 37.2 Å². The minimum absolute atomic E-state index is 0.239. The van der Waals surface area contributed by atoms with Crippen molar-refractivity contribution in [2.45, 2.75) is 38.1 Å². The van der Waals surface area contributed by atoms with Crippen LogP contribution in [0.1, 0.15) is 32.3 Å². The average molecular weight is 465 g/mol. The standard InChI is InChI=1S/C22H29FN4O2S2/c1-3-27(4-2)31(28,29)19-11-12-21(26-13-5-6-14-26)20(15-19)25-22(30)24-16-17-7-9-18(23)10-8-17/h7-12,15H,3-6,13-14,16H2,1-2H3,(H2,24,25,30). The Balaban J connectivity index is 1.83. The van der Waals surface area contributed by atoms with Gasteiger partial charge in [0, 0.05) is 32.7 Å². The number of hydrogen-bond donors (Lipinski definition) is 2. The van der Waals surface area contributed by atoms with Crippen LogP contribution in [0.3, 0.4) is 0 Å². The lowest BCUT2D eigenvalue weighted by Gasteiger charge is -2.24. The summed E-state index contributed by atoms with van der Waals surface area (Å²) in [5.74, 6) is -0.286. The van der Waals surface area contributed by atoms with Gasteiger partial charge in [-0.15, -0.1) is 0 Å². The van der Waals surface area contributed by atoms with E-state index >= 15 is 0 Å². The number of anilines is 2. The number of thiocarbonyl (C=S) groups is 1. The zero-order chi connectivity index (χ0) is 22.4. The van der Waals surface area contributed by atoms with Crippen molar-refractivity contribution >= 4 is 38.7 Å². The molecule has 2 aromatic rings. The summed E-state index contributed by atoms with van der Waals surface area (Å²) < 4.78 is 40.5. The average Bonchev–Trinajstić information content (AvgIpc) is 3.28. The fourth-order valence-electron chi connectivity index (χ4n) is 3.67. The van der Waals surface area contributed by atoms with E-state index in [4.69, 9.17) is 12.2 Å². The third-order valence-corrected chi connectivity index (χ3v) is 7.66. The van der Waals surface area contributed by atoms with Crippen LogP contribution in [0.4, 0.5) is 15.8 Å². The maximum absolute atomic E-state index is 13.1. The highest BCUT2D eigenvalue weighted by molar-refractivity contribution is 7.89.